The molecule has 0 spiro atoms. The first-order valence-electron chi connectivity index (χ1n) is 5.57. The molecule has 0 N–H and O–H groups in total. The summed E-state index contributed by atoms with van der Waals surface area (Å²) in [5.74, 6) is -0.806. The molecule has 0 unspecified atom stereocenters. The number of rotatable bonds is 3. The SMILES string of the molecule is CCOc1cc(C(=O)OC)nc2cc(F)c(Cl)cc12. The van der Waals surface area contributed by atoms with Crippen LogP contribution in [0.2, 0.25) is 5.02 Å². The van der Waals surface area contributed by atoms with Gasteiger partial charge in [-0.25, -0.2) is 14.2 Å². The lowest BCUT2D eigenvalue weighted by Gasteiger charge is -2.10. The number of pyridine rings is 1. The van der Waals surface area contributed by atoms with Gasteiger partial charge in [0, 0.05) is 17.5 Å². The molecule has 100 valence electrons. The van der Waals surface area contributed by atoms with Crippen molar-refractivity contribution >= 4 is 28.5 Å². The molecule has 1 aromatic heterocycles. The van der Waals surface area contributed by atoms with Gasteiger partial charge in [0.25, 0.3) is 0 Å². The van der Waals surface area contributed by atoms with Gasteiger partial charge in [-0.1, -0.05) is 11.6 Å². The number of benzene rings is 1. The third kappa shape index (κ3) is 2.61. The van der Waals surface area contributed by atoms with E-state index in [-0.39, 0.29) is 16.2 Å². The first-order valence-corrected chi connectivity index (χ1v) is 5.95. The summed E-state index contributed by atoms with van der Waals surface area (Å²) in [7, 11) is 1.25. The second-order valence-corrected chi connectivity index (χ2v) is 4.12. The van der Waals surface area contributed by atoms with Crippen molar-refractivity contribution in [1.29, 1.82) is 0 Å². The number of ether oxygens (including phenoxy) is 2. The van der Waals surface area contributed by atoms with Crippen LogP contribution in [-0.2, 0) is 4.74 Å². The van der Waals surface area contributed by atoms with Crippen molar-refractivity contribution in [2.45, 2.75) is 6.92 Å². The number of carbonyl (C=O) groups excluding carboxylic acids is 1. The van der Waals surface area contributed by atoms with Gasteiger partial charge >= 0.3 is 5.97 Å². The fourth-order valence-electron chi connectivity index (χ4n) is 1.67. The molecule has 2 rings (SSSR count). The minimum Gasteiger partial charge on any atom is -0.493 e. The van der Waals surface area contributed by atoms with Gasteiger partial charge in [-0.3, -0.25) is 0 Å². The van der Waals surface area contributed by atoms with Crippen LogP contribution in [0.5, 0.6) is 5.75 Å². The predicted octanol–water partition coefficient (Wildman–Crippen LogP) is 3.21. The minimum absolute atomic E-state index is 0.0268. The van der Waals surface area contributed by atoms with Crippen LogP contribution in [-0.4, -0.2) is 24.7 Å². The molecule has 0 saturated carbocycles. The fraction of sp³-hybridized carbons (Fsp3) is 0.231. The summed E-state index contributed by atoms with van der Waals surface area (Å²) in [5, 5.41) is 0.516. The highest BCUT2D eigenvalue weighted by atomic mass is 35.5. The molecular formula is C13H11ClFNO3. The molecule has 1 aromatic carbocycles. The van der Waals surface area contributed by atoms with E-state index in [0.717, 1.165) is 6.07 Å². The van der Waals surface area contributed by atoms with E-state index in [1.165, 1.54) is 19.2 Å². The summed E-state index contributed by atoms with van der Waals surface area (Å²) in [6, 6.07) is 4.03. The zero-order valence-electron chi connectivity index (χ0n) is 10.4. The Morgan fingerprint density at radius 3 is 2.79 bits per heavy atom. The molecular weight excluding hydrogens is 273 g/mol. The van der Waals surface area contributed by atoms with E-state index in [2.05, 4.69) is 9.72 Å². The fourth-order valence-corrected chi connectivity index (χ4v) is 1.84. The van der Waals surface area contributed by atoms with Crippen LogP contribution in [0, 0.1) is 5.82 Å². The summed E-state index contributed by atoms with van der Waals surface area (Å²) < 4.78 is 23.5. The van der Waals surface area contributed by atoms with E-state index >= 15 is 0 Å². The number of aromatic nitrogens is 1. The first-order chi connectivity index (χ1) is 9.06. The van der Waals surface area contributed by atoms with Crippen LogP contribution in [0.4, 0.5) is 4.39 Å². The molecule has 1 heterocycles. The van der Waals surface area contributed by atoms with E-state index in [0.29, 0.717) is 17.7 Å². The zero-order valence-corrected chi connectivity index (χ0v) is 11.1. The highest BCUT2D eigenvalue weighted by molar-refractivity contribution is 6.31. The van der Waals surface area contributed by atoms with E-state index < -0.39 is 11.8 Å². The van der Waals surface area contributed by atoms with Crippen molar-refractivity contribution in [1.82, 2.24) is 4.98 Å². The Bertz CT molecular complexity index is 645. The van der Waals surface area contributed by atoms with Crippen molar-refractivity contribution in [2.24, 2.45) is 0 Å². The average molecular weight is 284 g/mol. The number of esters is 1. The van der Waals surface area contributed by atoms with Crippen LogP contribution in [0.15, 0.2) is 18.2 Å². The van der Waals surface area contributed by atoms with Crippen molar-refractivity contribution in [2.75, 3.05) is 13.7 Å². The quantitative estimate of drug-likeness (QED) is 0.812. The molecule has 0 aliphatic rings. The number of fused-ring (bicyclic) bond motifs is 1. The highest BCUT2D eigenvalue weighted by Gasteiger charge is 2.15. The molecule has 2 aromatic rings. The van der Waals surface area contributed by atoms with Gasteiger partial charge in [-0.2, -0.15) is 0 Å². The van der Waals surface area contributed by atoms with Gasteiger partial charge in [0.1, 0.15) is 11.6 Å². The second-order valence-electron chi connectivity index (χ2n) is 3.71. The number of halogens is 2. The molecule has 0 fully saturated rings. The predicted molar refractivity (Wildman–Crippen MR) is 69.2 cm³/mol. The Kier molecular flexibility index (Phi) is 3.85. The lowest BCUT2D eigenvalue weighted by atomic mass is 10.1. The van der Waals surface area contributed by atoms with Crippen molar-refractivity contribution in [3.05, 3.63) is 34.7 Å². The highest BCUT2D eigenvalue weighted by Crippen LogP contribution is 2.30. The summed E-state index contributed by atoms with van der Waals surface area (Å²) in [4.78, 5) is 15.5. The third-order valence-electron chi connectivity index (χ3n) is 2.51. The number of hydrogen-bond acceptors (Lipinski definition) is 4. The van der Waals surface area contributed by atoms with Gasteiger partial charge in [0.15, 0.2) is 5.69 Å². The zero-order chi connectivity index (χ0) is 14.0. The molecule has 0 aliphatic heterocycles. The van der Waals surface area contributed by atoms with E-state index in [1.807, 2.05) is 0 Å². The second kappa shape index (κ2) is 5.40. The molecule has 0 radical (unpaired) electrons. The molecule has 0 saturated heterocycles. The maximum Gasteiger partial charge on any atom is 0.356 e. The molecule has 0 atom stereocenters. The lowest BCUT2D eigenvalue weighted by Crippen LogP contribution is -2.06. The summed E-state index contributed by atoms with van der Waals surface area (Å²) in [5.41, 5.74) is 0.341. The summed E-state index contributed by atoms with van der Waals surface area (Å²) >= 11 is 5.74. The maximum absolute atomic E-state index is 13.5. The minimum atomic E-state index is -0.613. The summed E-state index contributed by atoms with van der Waals surface area (Å²) in [6.45, 7) is 2.20. The van der Waals surface area contributed by atoms with Crippen molar-refractivity contribution in [3.8, 4) is 5.75 Å². The Labute approximate surface area is 114 Å². The number of carbonyl (C=O) groups is 1. The number of methoxy groups -OCH3 is 1. The van der Waals surface area contributed by atoms with Crippen molar-refractivity contribution in [3.63, 3.8) is 0 Å². The standard InChI is InChI=1S/C13H11ClFNO3/c1-3-19-12-6-11(13(17)18-2)16-10-5-9(15)8(14)4-7(10)12/h4-6H,3H2,1-2H3. The monoisotopic (exact) mass is 283 g/mol. The van der Waals surface area contributed by atoms with Crippen LogP contribution >= 0.6 is 11.6 Å². The summed E-state index contributed by atoms with van der Waals surface area (Å²) in [6.07, 6.45) is 0. The van der Waals surface area contributed by atoms with Crippen LogP contribution in [0.1, 0.15) is 17.4 Å². The third-order valence-corrected chi connectivity index (χ3v) is 2.80. The van der Waals surface area contributed by atoms with Crippen LogP contribution in [0.25, 0.3) is 10.9 Å². The molecule has 19 heavy (non-hydrogen) atoms. The molecule has 6 heteroatoms. The normalized spacial score (nSPS) is 10.5. The smallest absolute Gasteiger partial charge is 0.356 e. The average Bonchev–Trinajstić information content (AvgIpc) is 2.40. The number of nitrogens with zero attached hydrogens (tertiary/aromatic N) is 1. The van der Waals surface area contributed by atoms with E-state index in [4.69, 9.17) is 16.3 Å². The van der Waals surface area contributed by atoms with E-state index in [9.17, 15) is 9.18 Å². The number of hydrogen-bond donors (Lipinski definition) is 0. The van der Waals surface area contributed by atoms with Gasteiger partial charge in [0.2, 0.25) is 0 Å². The Morgan fingerprint density at radius 2 is 2.16 bits per heavy atom. The molecule has 0 aliphatic carbocycles. The van der Waals surface area contributed by atoms with E-state index in [1.54, 1.807) is 6.92 Å². The Balaban J connectivity index is 2.71. The maximum atomic E-state index is 13.5. The Morgan fingerprint density at radius 1 is 1.42 bits per heavy atom. The molecule has 0 bridgehead atoms. The van der Waals surface area contributed by atoms with Gasteiger partial charge in [-0.15, -0.1) is 0 Å². The van der Waals surface area contributed by atoms with Gasteiger partial charge in [0.05, 0.1) is 24.3 Å². The van der Waals surface area contributed by atoms with Crippen LogP contribution < -0.4 is 4.74 Å². The van der Waals surface area contributed by atoms with Gasteiger partial charge in [-0.05, 0) is 13.0 Å². The molecule has 4 nitrogen and oxygen atoms in total. The first kappa shape index (κ1) is 13.5. The largest absolute Gasteiger partial charge is 0.493 e. The lowest BCUT2D eigenvalue weighted by molar-refractivity contribution is 0.0594. The topological polar surface area (TPSA) is 48.4 Å². The van der Waals surface area contributed by atoms with Gasteiger partial charge < -0.3 is 9.47 Å². The van der Waals surface area contributed by atoms with Crippen molar-refractivity contribution < 1.29 is 18.7 Å². The van der Waals surface area contributed by atoms with Crippen LogP contribution in [0.3, 0.4) is 0 Å². The Hall–Kier alpha value is -1.88. The molecule has 0 amide bonds.